The molecule has 1 heterocycles. The SMILES string of the molecule is [C-]#[N+]C1(c2csc(Cl)c2)CC1. The van der Waals surface area contributed by atoms with Crippen LogP contribution in [0.1, 0.15) is 18.4 Å². The Labute approximate surface area is 74.4 Å². The molecule has 0 atom stereocenters. The number of hydrogen-bond acceptors (Lipinski definition) is 1. The van der Waals surface area contributed by atoms with Crippen molar-refractivity contribution in [3.8, 4) is 0 Å². The van der Waals surface area contributed by atoms with E-state index in [1.165, 1.54) is 11.3 Å². The lowest BCUT2D eigenvalue weighted by Gasteiger charge is -1.94. The summed E-state index contributed by atoms with van der Waals surface area (Å²) in [5.41, 5.74) is 0.936. The standard InChI is InChI=1S/C8H6ClNS/c1-10-8(2-3-8)6-4-7(9)11-5-6/h4-5H,2-3H2. The Balaban J connectivity index is 2.38. The zero-order chi connectivity index (χ0) is 7.90. The van der Waals surface area contributed by atoms with Gasteiger partial charge in [0.1, 0.15) is 0 Å². The number of thiophene rings is 1. The van der Waals surface area contributed by atoms with Crippen molar-refractivity contribution in [2.45, 2.75) is 18.4 Å². The molecule has 0 aromatic carbocycles. The van der Waals surface area contributed by atoms with Gasteiger partial charge in [-0.1, -0.05) is 11.6 Å². The van der Waals surface area contributed by atoms with Crippen molar-refractivity contribution in [2.75, 3.05) is 0 Å². The molecule has 1 aliphatic rings. The van der Waals surface area contributed by atoms with Gasteiger partial charge in [-0.25, -0.2) is 6.57 Å². The van der Waals surface area contributed by atoms with Gasteiger partial charge in [-0.15, -0.1) is 11.3 Å². The van der Waals surface area contributed by atoms with Crippen LogP contribution in [0.15, 0.2) is 11.4 Å². The van der Waals surface area contributed by atoms with E-state index in [0.29, 0.717) is 0 Å². The highest BCUT2D eigenvalue weighted by molar-refractivity contribution is 7.14. The molecular formula is C8H6ClNS. The largest absolute Gasteiger partial charge is 0.305 e. The average molecular weight is 184 g/mol. The van der Waals surface area contributed by atoms with E-state index in [0.717, 1.165) is 22.7 Å². The fraction of sp³-hybridized carbons (Fsp3) is 0.375. The number of hydrogen-bond donors (Lipinski definition) is 0. The molecule has 0 aliphatic heterocycles. The summed E-state index contributed by atoms with van der Waals surface area (Å²) >= 11 is 7.28. The summed E-state index contributed by atoms with van der Waals surface area (Å²) in [4.78, 5) is 3.61. The lowest BCUT2D eigenvalue weighted by Crippen LogP contribution is -1.95. The van der Waals surface area contributed by atoms with E-state index in [-0.39, 0.29) is 5.54 Å². The number of rotatable bonds is 1. The van der Waals surface area contributed by atoms with E-state index < -0.39 is 0 Å². The van der Waals surface area contributed by atoms with E-state index in [1.807, 2.05) is 11.4 Å². The molecule has 1 saturated carbocycles. The van der Waals surface area contributed by atoms with Crippen molar-refractivity contribution in [3.05, 3.63) is 32.8 Å². The van der Waals surface area contributed by atoms with Gasteiger partial charge in [-0.05, 0) is 6.07 Å². The highest BCUT2D eigenvalue weighted by Crippen LogP contribution is 2.51. The predicted molar refractivity (Wildman–Crippen MR) is 46.8 cm³/mol. The molecule has 0 radical (unpaired) electrons. The van der Waals surface area contributed by atoms with Gasteiger partial charge in [-0.3, -0.25) is 0 Å². The third-order valence-electron chi connectivity index (χ3n) is 2.04. The van der Waals surface area contributed by atoms with Crippen LogP contribution in [-0.4, -0.2) is 0 Å². The summed E-state index contributed by atoms with van der Waals surface area (Å²) < 4.78 is 0.787. The van der Waals surface area contributed by atoms with E-state index in [1.54, 1.807) is 0 Å². The van der Waals surface area contributed by atoms with Crippen LogP contribution in [0.4, 0.5) is 0 Å². The maximum absolute atomic E-state index is 7.00. The van der Waals surface area contributed by atoms with Gasteiger partial charge in [0, 0.05) is 23.8 Å². The van der Waals surface area contributed by atoms with E-state index >= 15 is 0 Å². The van der Waals surface area contributed by atoms with E-state index in [4.69, 9.17) is 18.2 Å². The van der Waals surface area contributed by atoms with Crippen LogP contribution >= 0.6 is 22.9 Å². The van der Waals surface area contributed by atoms with Gasteiger partial charge < -0.3 is 4.85 Å². The Morgan fingerprint density at radius 1 is 1.64 bits per heavy atom. The molecule has 0 N–H and O–H groups in total. The third kappa shape index (κ3) is 1.05. The first kappa shape index (κ1) is 7.15. The summed E-state index contributed by atoms with van der Waals surface area (Å²) in [5, 5.41) is 1.99. The molecular weight excluding hydrogens is 178 g/mol. The molecule has 0 bridgehead atoms. The number of nitrogens with zero attached hydrogens (tertiary/aromatic N) is 1. The first-order valence-electron chi connectivity index (χ1n) is 3.40. The Kier molecular flexibility index (Phi) is 1.45. The normalized spacial score (nSPS) is 19.3. The Bertz CT molecular complexity index is 319. The summed E-state index contributed by atoms with van der Waals surface area (Å²) in [6, 6.07) is 1.91. The molecule has 56 valence electrons. The fourth-order valence-electron chi connectivity index (χ4n) is 1.14. The van der Waals surface area contributed by atoms with E-state index in [2.05, 4.69) is 4.85 Å². The van der Waals surface area contributed by atoms with Gasteiger partial charge in [0.15, 0.2) is 0 Å². The molecule has 1 nitrogen and oxygen atoms in total. The molecule has 2 rings (SSSR count). The van der Waals surface area contributed by atoms with Crippen LogP contribution in [0.25, 0.3) is 4.85 Å². The fourth-order valence-corrected chi connectivity index (χ4v) is 2.11. The van der Waals surface area contributed by atoms with Gasteiger partial charge in [-0.2, -0.15) is 0 Å². The maximum Gasteiger partial charge on any atom is 0.259 e. The van der Waals surface area contributed by atoms with Crippen LogP contribution in [0.2, 0.25) is 4.34 Å². The summed E-state index contributed by atoms with van der Waals surface area (Å²) in [7, 11) is 0. The molecule has 1 aliphatic carbocycles. The first-order valence-corrected chi connectivity index (χ1v) is 4.66. The maximum atomic E-state index is 7.00. The molecule has 0 unspecified atom stereocenters. The van der Waals surface area contributed by atoms with Gasteiger partial charge in [0.05, 0.1) is 4.34 Å². The summed E-state index contributed by atoms with van der Waals surface area (Å²) in [6.07, 6.45) is 2.01. The van der Waals surface area contributed by atoms with Crippen molar-refractivity contribution in [2.24, 2.45) is 0 Å². The van der Waals surface area contributed by atoms with Crippen molar-refractivity contribution >= 4 is 22.9 Å². The molecule has 0 spiro atoms. The highest BCUT2D eigenvalue weighted by atomic mass is 35.5. The Hall–Kier alpha value is -0.520. The van der Waals surface area contributed by atoms with Crippen LogP contribution < -0.4 is 0 Å². The predicted octanol–water partition coefficient (Wildman–Crippen LogP) is 3.31. The second-order valence-corrected chi connectivity index (χ2v) is 4.33. The molecule has 1 aromatic heterocycles. The first-order chi connectivity index (χ1) is 5.27. The molecule has 1 fully saturated rings. The van der Waals surface area contributed by atoms with Crippen molar-refractivity contribution < 1.29 is 0 Å². The minimum Gasteiger partial charge on any atom is -0.305 e. The average Bonchev–Trinajstić information content (AvgIpc) is 2.70. The van der Waals surface area contributed by atoms with Gasteiger partial charge >= 0.3 is 0 Å². The Morgan fingerprint density at radius 2 is 2.36 bits per heavy atom. The molecule has 0 saturated heterocycles. The topological polar surface area (TPSA) is 4.36 Å². The lowest BCUT2D eigenvalue weighted by molar-refractivity contribution is 0.891. The quantitative estimate of drug-likeness (QED) is 0.589. The van der Waals surface area contributed by atoms with Crippen LogP contribution in [0, 0.1) is 6.57 Å². The van der Waals surface area contributed by atoms with Crippen molar-refractivity contribution in [1.29, 1.82) is 0 Å². The summed E-state index contributed by atoms with van der Waals surface area (Å²) in [5.74, 6) is 0. The second-order valence-electron chi connectivity index (χ2n) is 2.78. The smallest absolute Gasteiger partial charge is 0.259 e. The second kappa shape index (κ2) is 2.23. The highest BCUT2D eigenvalue weighted by Gasteiger charge is 2.52. The van der Waals surface area contributed by atoms with Gasteiger partial charge in [0.2, 0.25) is 0 Å². The minimum atomic E-state index is -0.177. The molecule has 11 heavy (non-hydrogen) atoms. The van der Waals surface area contributed by atoms with Crippen LogP contribution in [0.5, 0.6) is 0 Å². The third-order valence-corrected chi connectivity index (χ3v) is 3.13. The molecule has 1 aromatic rings. The number of halogens is 1. The van der Waals surface area contributed by atoms with Crippen molar-refractivity contribution in [1.82, 2.24) is 0 Å². The van der Waals surface area contributed by atoms with Crippen LogP contribution in [0.3, 0.4) is 0 Å². The zero-order valence-corrected chi connectivity index (χ0v) is 7.37. The minimum absolute atomic E-state index is 0.177. The monoisotopic (exact) mass is 183 g/mol. The molecule has 0 amide bonds. The van der Waals surface area contributed by atoms with Crippen LogP contribution in [-0.2, 0) is 5.54 Å². The lowest BCUT2D eigenvalue weighted by atomic mass is 10.1. The van der Waals surface area contributed by atoms with Crippen molar-refractivity contribution in [3.63, 3.8) is 0 Å². The van der Waals surface area contributed by atoms with E-state index in [9.17, 15) is 0 Å². The molecule has 3 heteroatoms. The zero-order valence-electron chi connectivity index (χ0n) is 5.80. The Morgan fingerprint density at radius 3 is 2.73 bits per heavy atom. The van der Waals surface area contributed by atoms with Gasteiger partial charge in [0.25, 0.3) is 5.54 Å². The summed E-state index contributed by atoms with van der Waals surface area (Å²) in [6.45, 7) is 7.00.